The summed E-state index contributed by atoms with van der Waals surface area (Å²) in [5.41, 5.74) is 12.5. The number of hydrogen-bond donors (Lipinski definition) is 4. The average Bonchev–Trinajstić information content (AvgIpc) is 3.67. The number of aryl methyl sites for hydroxylation is 2. The second-order valence-electron chi connectivity index (χ2n) is 12.6. The Morgan fingerprint density at radius 3 is 2.49 bits per heavy atom. The number of oxazole rings is 1. The lowest BCUT2D eigenvalue weighted by Gasteiger charge is -2.42. The monoisotopic (exact) mass is 645 g/mol. The van der Waals surface area contributed by atoms with Gasteiger partial charge in [-0.2, -0.15) is 5.26 Å². The predicted octanol–water partition coefficient (Wildman–Crippen LogP) is 7.34. The van der Waals surface area contributed by atoms with Crippen molar-refractivity contribution in [1.82, 2.24) is 30.8 Å². The summed E-state index contributed by atoms with van der Waals surface area (Å²) >= 11 is 13.2. The molecule has 0 amide bonds. The number of rotatable bonds is 7. The van der Waals surface area contributed by atoms with Crippen LogP contribution in [0.1, 0.15) is 62.2 Å². The second kappa shape index (κ2) is 12.4. The molecular weight excluding hydrogens is 609 g/mol. The van der Waals surface area contributed by atoms with Gasteiger partial charge in [-0.05, 0) is 77.3 Å². The molecule has 2 aromatic carbocycles. The molecule has 0 unspecified atom stereocenters. The lowest BCUT2D eigenvalue weighted by molar-refractivity contribution is 0.0570. The van der Waals surface area contributed by atoms with Gasteiger partial charge in [0.05, 0.1) is 27.5 Å². The van der Waals surface area contributed by atoms with E-state index in [1.807, 2.05) is 44.2 Å². The molecule has 234 valence electrons. The van der Waals surface area contributed by atoms with Gasteiger partial charge in [0.25, 0.3) is 0 Å². The van der Waals surface area contributed by atoms with Gasteiger partial charge < -0.3 is 20.5 Å². The molecule has 0 bridgehead atoms. The second-order valence-corrected chi connectivity index (χ2v) is 13.4. The van der Waals surface area contributed by atoms with Crippen LogP contribution in [-0.4, -0.2) is 44.5 Å². The van der Waals surface area contributed by atoms with Gasteiger partial charge in [-0.1, -0.05) is 29.3 Å². The molecule has 0 saturated carbocycles. The molecule has 1 saturated heterocycles. The number of aromatic nitrogens is 2. The molecule has 4 aromatic rings. The fourth-order valence-corrected chi connectivity index (χ4v) is 6.38. The normalized spacial score (nSPS) is 16.8. The van der Waals surface area contributed by atoms with E-state index in [1.54, 1.807) is 0 Å². The third kappa shape index (κ3) is 6.40. The third-order valence-electron chi connectivity index (χ3n) is 8.58. The van der Waals surface area contributed by atoms with Crippen molar-refractivity contribution in [3.05, 3.63) is 87.4 Å². The summed E-state index contributed by atoms with van der Waals surface area (Å²) in [6.07, 6.45) is 7.18. The van der Waals surface area contributed by atoms with Crippen LogP contribution in [0.4, 0.5) is 17.1 Å². The Bertz CT molecular complexity index is 1800. The maximum Gasteiger partial charge on any atom is 0.181 e. The summed E-state index contributed by atoms with van der Waals surface area (Å²) < 4.78 is 5.62. The van der Waals surface area contributed by atoms with Crippen molar-refractivity contribution in [2.75, 3.05) is 23.7 Å². The number of nitrogens with one attached hydrogen (secondary N) is 4. The number of benzene rings is 2. The molecule has 10 nitrogen and oxygen atoms in total. The van der Waals surface area contributed by atoms with Gasteiger partial charge in [-0.25, -0.2) is 4.98 Å². The number of fused-ring (bicyclic) bond motifs is 1. The van der Waals surface area contributed by atoms with Gasteiger partial charge in [0.2, 0.25) is 0 Å². The highest BCUT2D eigenvalue weighted by molar-refractivity contribution is 6.36. The van der Waals surface area contributed by atoms with Crippen LogP contribution in [0.25, 0.3) is 10.9 Å². The van der Waals surface area contributed by atoms with E-state index < -0.39 is 0 Å². The Morgan fingerprint density at radius 1 is 1.07 bits per heavy atom. The fraction of sp³-hybridized carbons (Fsp3) is 0.364. The minimum atomic E-state index is -0.385. The van der Waals surface area contributed by atoms with E-state index in [0.29, 0.717) is 44.0 Å². The molecule has 4 heterocycles. The lowest BCUT2D eigenvalue weighted by Crippen LogP contribution is -2.52. The van der Waals surface area contributed by atoms with Crippen molar-refractivity contribution in [3.8, 4) is 6.07 Å². The number of halogens is 2. The third-order valence-corrected chi connectivity index (χ3v) is 9.27. The minimum absolute atomic E-state index is 0.162. The van der Waals surface area contributed by atoms with E-state index in [-0.39, 0.29) is 11.6 Å². The fourth-order valence-electron chi connectivity index (χ4n) is 5.93. The summed E-state index contributed by atoms with van der Waals surface area (Å²) in [5.74, 6) is 0.700. The van der Waals surface area contributed by atoms with E-state index in [4.69, 9.17) is 27.6 Å². The molecule has 1 atom stereocenters. The van der Waals surface area contributed by atoms with Crippen molar-refractivity contribution in [3.63, 3.8) is 0 Å². The summed E-state index contributed by atoms with van der Waals surface area (Å²) in [4.78, 5) is 11.6. The number of nitriles is 1. The van der Waals surface area contributed by atoms with Crippen LogP contribution in [-0.2, 0) is 0 Å². The number of hydrogen-bond acceptors (Lipinski definition) is 10. The number of nitrogens with zero attached hydrogens (tertiary/aromatic N) is 5. The molecular formula is C33H37Cl2N9O. The molecule has 6 rings (SSSR count). The van der Waals surface area contributed by atoms with Gasteiger partial charge in [0.1, 0.15) is 23.6 Å². The van der Waals surface area contributed by atoms with Crippen molar-refractivity contribution in [2.45, 2.75) is 65.1 Å². The number of piperidine rings is 1. The molecule has 0 aliphatic carbocycles. The average molecular weight is 647 g/mol. The van der Waals surface area contributed by atoms with Crippen molar-refractivity contribution in [1.29, 1.82) is 5.26 Å². The largest absolute Gasteiger partial charge is 0.448 e. The molecule has 12 heteroatoms. The smallest absolute Gasteiger partial charge is 0.181 e. The zero-order valence-electron chi connectivity index (χ0n) is 26.0. The predicted molar refractivity (Wildman–Crippen MR) is 179 cm³/mol. The van der Waals surface area contributed by atoms with Crippen molar-refractivity contribution in [2.24, 2.45) is 0 Å². The summed E-state index contributed by atoms with van der Waals surface area (Å²) in [7, 11) is 0. The molecule has 4 N–H and O–H groups in total. The number of anilines is 3. The Kier molecular flexibility index (Phi) is 8.55. The first-order valence-electron chi connectivity index (χ1n) is 15.0. The zero-order valence-corrected chi connectivity index (χ0v) is 27.5. The lowest BCUT2D eigenvalue weighted by atomic mass is 9.98. The maximum absolute atomic E-state index is 9.97. The summed E-state index contributed by atoms with van der Waals surface area (Å²) in [5, 5.41) is 20.9. The topological polar surface area (TPSA) is 117 Å². The van der Waals surface area contributed by atoms with Crippen LogP contribution >= 0.6 is 23.2 Å². The molecule has 2 aliphatic heterocycles. The highest BCUT2D eigenvalue weighted by atomic mass is 35.5. The van der Waals surface area contributed by atoms with Crippen LogP contribution in [0.15, 0.2) is 59.2 Å². The van der Waals surface area contributed by atoms with Crippen molar-refractivity contribution < 1.29 is 4.42 Å². The first kappa shape index (κ1) is 31.0. The Morgan fingerprint density at radius 2 is 1.82 bits per heavy atom. The number of pyridine rings is 1. The van der Waals surface area contributed by atoms with E-state index in [0.717, 1.165) is 54.3 Å². The van der Waals surface area contributed by atoms with Crippen LogP contribution in [0.5, 0.6) is 0 Å². The van der Waals surface area contributed by atoms with Crippen LogP contribution in [0.3, 0.4) is 0 Å². The van der Waals surface area contributed by atoms with Crippen LogP contribution in [0, 0.1) is 25.2 Å². The van der Waals surface area contributed by atoms with Crippen LogP contribution < -0.4 is 21.6 Å². The summed E-state index contributed by atoms with van der Waals surface area (Å²) in [6, 6.07) is 11.7. The number of hydrazine groups is 2. The first-order valence-corrected chi connectivity index (χ1v) is 15.8. The Labute approximate surface area is 273 Å². The highest BCUT2D eigenvalue weighted by Gasteiger charge is 2.33. The van der Waals surface area contributed by atoms with E-state index >= 15 is 0 Å². The number of likely N-dealkylation sites (tertiary alicyclic amines) is 1. The van der Waals surface area contributed by atoms with E-state index in [2.05, 4.69) is 74.5 Å². The Balaban J connectivity index is 1.33. The van der Waals surface area contributed by atoms with Gasteiger partial charge in [0.15, 0.2) is 6.39 Å². The SMILES string of the molecule is Cc1ccc(Nc2c(C#N)cnc3c(Cl)cc(N[C@H](C4=CN(C5CCN(C(C)(C)C)CC5)NN4)c4ncoc4C)cc23)cc1Cl. The highest BCUT2D eigenvalue weighted by Crippen LogP contribution is 2.38. The molecule has 2 aromatic heterocycles. The molecule has 0 radical (unpaired) electrons. The minimum Gasteiger partial charge on any atom is -0.448 e. The van der Waals surface area contributed by atoms with E-state index in [1.165, 1.54) is 12.6 Å². The standard InChI is InChI=1S/C33H37Cl2N9O/c1-19-6-7-22(13-26(19)34)39-30-21(15-36)16-37-31-25(30)12-23(14-27(31)35)40-32(29-20(2)45-18-38-29)28-17-44(42-41-28)24-8-10-43(11-9-24)33(3,4)5/h6-7,12-14,16-18,24,32,40-42H,8-11H2,1-5H3,(H,37,39)/t32-/m1/s1. The quantitative estimate of drug-likeness (QED) is 0.162. The Hall–Kier alpha value is -4.01. The first-order chi connectivity index (χ1) is 21.5. The summed E-state index contributed by atoms with van der Waals surface area (Å²) in [6.45, 7) is 12.7. The van der Waals surface area contributed by atoms with E-state index in [9.17, 15) is 5.26 Å². The maximum atomic E-state index is 9.97. The molecule has 0 spiro atoms. The van der Waals surface area contributed by atoms with Gasteiger partial charge in [-0.3, -0.25) is 14.9 Å². The van der Waals surface area contributed by atoms with Gasteiger partial charge >= 0.3 is 0 Å². The van der Waals surface area contributed by atoms with Crippen LogP contribution in [0.2, 0.25) is 10.0 Å². The molecule has 1 fully saturated rings. The molecule has 2 aliphatic rings. The van der Waals surface area contributed by atoms with Gasteiger partial charge in [0, 0.05) is 58.9 Å². The van der Waals surface area contributed by atoms with Gasteiger partial charge in [-0.15, -0.1) is 5.53 Å². The zero-order chi connectivity index (χ0) is 31.9. The van der Waals surface area contributed by atoms with Crippen molar-refractivity contribution >= 4 is 51.2 Å². The molecule has 45 heavy (non-hydrogen) atoms.